The number of aliphatic hydroxyl groups is 1. The molecule has 0 aliphatic heterocycles. The van der Waals surface area contributed by atoms with E-state index in [1.807, 2.05) is 37.3 Å². The molecule has 5 heteroatoms. The van der Waals surface area contributed by atoms with Crippen LogP contribution >= 0.6 is 0 Å². The van der Waals surface area contributed by atoms with E-state index in [4.69, 9.17) is 5.11 Å². The second-order valence-corrected chi connectivity index (χ2v) is 7.74. The van der Waals surface area contributed by atoms with Crippen molar-refractivity contribution in [2.75, 3.05) is 19.4 Å². The molecule has 23 heavy (non-hydrogen) atoms. The Morgan fingerprint density at radius 1 is 1.09 bits per heavy atom. The van der Waals surface area contributed by atoms with Crippen molar-refractivity contribution in [2.24, 2.45) is 0 Å². The van der Waals surface area contributed by atoms with Crippen LogP contribution in [-0.2, 0) is 9.84 Å². The van der Waals surface area contributed by atoms with Crippen LogP contribution < -0.4 is 5.32 Å². The van der Waals surface area contributed by atoms with Crippen molar-refractivity contribution in [1.29, 1.82) is 0 Å². The van der Waals surface area contributed by atoms with Crippen LogP contribution in [0.1, 0.15) is 29.2 Å². The minimum atomic E-state index is -3.24. The molecular formula is C18H23NO3S. The molecule has 2 rings (SSSR count). The largest absolute Gasteiger partial charge is 0.396 e. The number of aryl methyl sites for hydroxylation is 1. The van der Waals surface area contributed by atoms with Gasteiger partial charge in [-0.2, -0.15) is 0 Å². The van der Waals surface area contributed by atoms with Gasteiger partial charge in [0.1, 0.15) is 0 Å². The Balaban J connectivity index is 2.38. The fourth-order valence-electron chi connectivity index (χ4n) is 2.44. The Bertz CT molecular complexity index is 739. The van der Waals surface area contributed by atoms with Crippen molar-refractivity contribution in [1.82, 2.24) is 5.32 Å². The van der Waals surface area contributed by atoms with Gasteiger partial charge in [-0.15, -0.1) is 0 Å². The lowest BCUT2D eigenvalue weighted by molar-refractivity contribution is 0.284. The van der Waals surface area contributed by atoms with Gasteiger partial charge in [-0.3, -0.25) is 0 Å². The maximum absolute atomic E-state index is 11.8. The highest BCUT2D eigenvalue weighted by molar-refractivity contribution is 7.90. The molecular weight excluding hydrogens is 310 g/mol. The standard InChI is InChI=1S/C18H23NO3S/c1-14-7-9-15(10-8-14)18(19-11-4-12-20)16-5-3-6-17(13-16)23(2,21)22/h3,5-10,13,18-20H,4,11-12H2,1-2H3/t18-/m0/s1. The molecule has 0 saturated carbocycles. The Hall–Kier alpha value is -1.69. The number of rotatable bonds is 7. The summed E-state index contributed by atoms with van der Waals surface area (Å²) >= 11 is 0. The topological polar surface area (TPSA) is 66.4 Å². The van der Waals surface area contributed by atoms with Crippen molar-refractivity contribution in [3.63, 3.8) is 0 Å². The third-order valence-corrected chi connectivity index (χ3v) is 4.82. The molecule has 4 nitrogen and oxygen atoms in total. The summed E-state index contributed by atoms with van der Waals surface area (Å²) in [7, 11) is -3.24. The van der Waals surface area contributed by atoms with Crippen molar-refractivity contribution in [2.45, 2.75) is 24.3 Å². The third kappa shape index (κ3) is 4.89. The molecule has 0 bridgehead atoms. The zero-order chi connectivity index (χ0) is 16.9. The first-order valence-corrected chi connectivity index (χ1v) is 9.52. The molecule has 2 N–H and O–H groups in total. The molecule has 1 atom stereocenters. The molecule has 0 aliphatic carbocycles. The van der Waals surface area contributed by atoms with Crippen LogP contribution in [0, 0.1) is 6.92 Å². The zero-order valence-electron chi connectivity index (χ0n) is 13.5. The van der Waals surface area contributed by atoms with Crippen molar-refractivity contribution in [3.8, 4) is 0 Å². The van der Waals surface area contributed by atoms with Gasteiger partial charge in [0, 0.05) is 12.9 Å². The average molecular weight is 333 g/mol. The number of hydrogen-bond donors (Lipinski definition) is 2. The number of sulfone groups is 1. The van der Waals surface area contributed by atoms with E-state index >= 15 is 0 Å². The van der Waals surface area contributed by atoms with E-state index in [1.54, 1.807) is 18.2 Å². The quantitative estimate of drug-likeness (QED) is 0.764. The molecule has 0 saturated heterocycles. The maximum Gasteiger partial charge on any atom is 0.175 e. The first-order valence-electron chi connectivity index (χ1n) is 7.62. The first kappa shape index (κ1) is 17.7. The van der Waals surface area contributed by atoms with Gasteiger partial charge in [0.2, 0.25) is 0 Å². The summed E-state index contributed by atoms with van der Waals surface area (Å²) in [6.07, 6.45) is 1.86. The van der Waals surface area contributed by atoms with E-state index in [2.05, 4.69) is 5.32 Å². The Morgan fingerprint density at radius 2 is 1.78 bits per heavy atom. The number of aliphatic hydroxyl groups excluding tert-OH is 1. The summed E-state index contributed by atoms with van der Waals surface area (Å²) in [4.78, 5) is 0.316. The molecule has 0 aromatic heterocycles. The highest BCUT2D eigenvalue weighted by atomic mass is 32.2. The zero-order valence-corrected chi connectivity index (χ0v) is 14.3. The summed E-state index contributed by atoms with van der Waals surface area (Å²) in [6, 6.07) is 15.1. The predicted molar refractivity (Wildman–Crippen MR) is 92.3 cm³/mol. The van der Waals surface area contributed by atoms with Crippen LogP contribution in [0.15, 0.2) is 53.4 Å². The Morgan fingerprint density at radius 3 is 2.39 bits per heavy atom. The summed E-state index contributed by atoms with van der Waals surface area (Å²) in [6.45, 7) is 2.80. The van der Waals surface area contributed by atoms with Crippen molar-refractivity contribution in [3.05, 3.63) is 65.2 Å². The number of nitrogens with one attached hydrogen (secondary N) is 1. The van der Waals surface area contributed by atoms with Gasteiger partial charge in [0.15, 0.2) is 9.84 Å². The van der Waals surface area contributed by atoms with Crippen LogP contribution in [0.3, 0.4) is 0 Å². The van der Waals surface area contributed by atoms with E-state index in [0.29, 0.717) is 17.9 Å². The van der Waals surface area contributed by atoms with Gasteiger partial charge in [0.05, 0.1) is 10.9 Å². The lowest BCUT2D eigenvalue weighted by Gasteiger charge is -2.20. The van der Waals surface area contributed by atoms with Crippen molar-refractivity contribution < 1.29 is 13.5 Å². The van der Waals surface area contributed by atoms with Crippen LogP contribution in [0.4, 0.5) is 0 Å². The summed E-state index contributed by atoms with van der Waals surface area (Å²) < 4.78 is 23.6. The van der Waals surface area contributed by atoms with E-state index in [-0.39, 0.29) is 12.6 Å². The molecule has 0 radical (unpaired) electrons. The van der Waals surface area contributed by atoms with E-state index in [1.165, 1.54) is 11.8 Å². The molecule has 0 heterocycles. The molecule has 0 spiro atoms. The average Bonchev–Trinajstić information content (AvgIpc) is 2.52. The fourth-order valence-corrected chi connectivity index (χ4v) is 3.11. The Labute approximate surface area is 138 Å². The van der Waals surface area contributed by atoms with Gasteiger partial charge < -0.3 is 10.4 Å². The van der Waals surface area contributed by atoms with Crippen LogP contribution in [-0.4, -0.2) is 32.9 Å². The minimum Gasteiger partial charge on any atom is -0.396 e. The summed E-state index contributed by atoms with van der Waals surface area (Å²) in [5, 5.41) is 12.4. The van der Waals surface area contributed by atoms with E-state index < -0.39 is 9.84 Å². The predicted octanol–water partition coefficient (Wildman–Crippen LogP) is 2.46. The monoisotopic (exact) mass is 333 g/mol. The fraction of sp³-hybridized carbons (Fsp3) is 0.333. The van der Waals surface area contributed by atoms with Gasteiger partial charge in [-0.25, -0.2) is 8.42 Å². The molecule has 0 unspecified atom stereocenters. The van der Waals surface area contributed by atoms with Crippen LogP contribution in [0.5, 0.6) is 0 Å². The molecule has 0 aliphatic rings. The molecule has 2 aromatic carbocycles. The second-order valence-electron chi connectivity index (χ2n) is 5.72. The minimum absolute atomic E-state index is 0.108. The second kappa shape index (κ2) is 7.73. The molecule has 2 aromatic rings. The highest BCUT2D eigenvalue weighted by Crippen LogP contribution is 2.24. The normalized spacial score (nSPS) is 13.0. The van der Waals surface area contributed by atoms with Gasteiger partial charge >= 0.3 is 0 Å². The van der Waals surface area contributed by atoms with E-state index in [0.717, 1.165) is 11.1 Å². The van der Waals surface area contributed by atoms with Crippen LogP contribution in [0.2, 0.25) is 0 Å². The summed E-state index contributed by atoms with van der Waals surface area (Å²) in [5.74, 6) is 0. The SMILES string of the molecule is Cc1ccc([C@H](NCCCO)c2cccc(S(C)(=O)=O)c2)cc1. The summed E-state index contributed by atoms with van der Waals surface area (Å²) in [5.41, 5.74) is 3.14. The van der Waals surface area contributed by atoms with Gasteiger partial charge in [-0.05, 0) is 43.1 Å². The lowest BCUT2D eigenvalue weighted by Crippen LogP contribution is -2.24. The van der Waals surface area contributed by atoms with Crippen LogP contribution in [0.25, 0.3) is 0 Å². The Kier molecular flexibility index (Phi) is 5.93. The lowest BCUT2D eigenvalue weighted by atomic mass is 9.97. The van der Waals surface area contributed by atoms with E-state index in [9.17, 15) is 8.42 Å². The third-order valence-electron chi connectivity index (χ3n) is 3.71. The maximum atomic E-state index is 11.8. The number of hydrogen-bond acceptors (Lipinski definition) is 4. The van der Waals surface area contributed by atoms with Gasteiger partial charge in [-0.1, -0.05) is 42.0 Å². The smallest absolute Gasteiger partial charge is 0.175 e. The molecule has 124 valence electrons. The first-order chi connectivity index (χ1) is 10.9. The highest BCUT2D eigenvalue weighted by Gasteiger charge is 2.16. The van der Waals surface area contributed by atoms with Crippen molar-refractivity contribution >= 4 is 9.84 Å². The molecule has 0 amide bonds. The number of benzene rings is 2. The van der Waals surface area contributed by atoms with Gasteiger partial charge in [0.25, 0.3) is 0 Å². The molecule has 0 fully saturated rings.